The van der Waals surface area contributed by atoms with Crippen LogP contribution in [0.1, 0.15) is 44.1 Å². The van der Waals surface area contributed by atoms with Crippen molar-refractivity contribution >= 4 is 23.5 Å². The number of ether oxygens (including phenoxy) is 1. The first-order valence-corrected chi connectivity index (χ1v) is 12.8. The summed E-state index contributed by atoms with van der Waals surface area (Å²) in [5.41, 5.74) is 0.415. The van der Waals surface area contributed by atoms with Crippen LogP contribution >= 0.6 is 11.6 Å². The van der Waals surface area contributed by atoms with Gasteiger partial charge in [0.15, 0.2) is 0 Å². The molecule has 1 N–H and O–H groups in total. The van der Waals surface area contributed by atoms with Gasteiger partial charge >= 0.3 is 0 Å². The third-order valence-electron chi connectivity index (χ3n) is 7.43. The lowest BCUT2D eigenvalue weighted by atomic mass is 9.90. The van der Waals surface area contributed by atoms with Crippen molar-refractivity contribution in [2.24, 2.45) is 23.7 Å². The topological polar surface area (TPSA) is 67.3 Å². The molecule has 1 aromatic heterocycles. The molecule has 1 amide bonds. The Morgan fingerprint density at radius 2 is 1.94 bits per heavy atom. The molecular formula is C26H32ClFN4O2. The van der Waals surface area contributed by atoms with Crippen LogP contribution in [0.2, 0.25) is 5.02 Å². The summed E-state index contributed by atoms with van der Waals surface area (Å²) in [5.74, 6) is 3.64. The van der Waals surface area contributed by atoms with E-state index in [4.69, 9.17) is 16.3 Å². The van der Waals surface area contributed by atoms with Gasteiger partial charge in [-0.25, -0.2) is 14.4 Å². The molecule has 0 spiro atoms. The molecule has 0 radical (unpaired) electrons. The maximum absolute atomic E-state index is 14.4. The number of carbonyl (C=O) groups excluding carboxylic acids is 1. The fourth-order valence-electron chi connectivity index (χ4n) is 5.08. The van der Waals surface area contributed by atoms with Crippen LogP contribution in [0, 0.1) is 29.5 Å². The first-order chi connectivity index (χ1) is 16.5. The standard InChI is InChI=1S/C26H32ClFN4O2/c27-21-15-30-26(31-16-21)32-8-5-18(6-9-32)23-11-19(23)7-10-34-22-4-3-20(24(28)13-22)12-25(33)29-14-17-1-2-17/h3-4,13,15-19,23H,1-2,5-12,14H2,(H,29,33)/t19-,23-/m1/s1. The second-order valence-electron chi connectivity index (χ2n) is 10.00. The van der Waals surface area contributed by atoms with Gasteiger partial charge in [0.25, 0.3) is 0 Å². The molecule has 1 aliphatic heterocycles. The number of rotatable bonds is 10. The average molecular weight is 487 g/mol. The minimum atomic E-state index is -0.375. The van der Waals surface area contributed by atoms with Crippen molar-refractivity contribution < 1.29 is 13.9 Å². The second-order valence-corrected chi connectivity index (χ2v) is 10.4. The lowest BCUT2D eigenvalue weighted by Gasteiger charge is -2.32. The fourth-order valence-corrected chi connectivity index (χ4v) is 5.18. The van der Waals surface area contributed by atoms with Crippen molar-refractivity contribution in [1.82, 2.24) is 15.3 Å². The van der Waals surface area contributed by atoms with Gasteiger partial charge in [-0.15, -0.1) is 0 Å². The normalized spacial score (nSPS) is 22.5. The smallest absolute Gasteiger partial charge is 0.225 e. The molecular weight excluding hydrogens is 455 g/mol. The zero-order valence-corrected chi connectivity index (χ0v) is 20.1. The average Bonchev–Trinajstić information content (AvgIpc) is 3.76. The van der Waals surface area contributed by atoms with E-state index >= 15 is 0 Å². The van der Waals surface area contributed by atoms with Crippen LogP contribution in [0.5, 0.6) is 5.75 Å². The Hall–Kier alpha value is -2.41. The number of nitrogens with zero attached hydrogens (tertiary/aromatic N) is 3. The Balaban J connectivity index is 1.00. The van der Waals surface area contributed by atoms with E-state index in [1.54, 1.807) is 24.5 Å². The van der Waals surface area contributed by atoms with Crippen molar-refractivity contribution in [2.45, 2.75) is 44.9 Å². The maximum atomic E-state index is 14.4. The molecule has 2 atom stereocenters. The summed E-state index contributed by atoms with van der Waals surface area (Å²) in [6.45, 7) is 3.27. The zero-order chi connectivity index (χ0) is 23.5. The van der Waals surface area contributed by atoms with Crippen molar-refractivity contribution in [3.63, 3.8) is 0 Å². The van der Waals surface area contributed by atoms with E-state index in [0.717, 1.165) is 50.1 Å². The molecule has 1 saturated heterocycles. The van der Waals surface area contributed by atoms with Gasteiger partial charge < -0.3 is 15.0 Å². The lowest BCUT2D eigenvalue weighted by Crippen LogP contribution is -2.35. The summed E-state index contributed by atoms with van der Waals surface area (Å²) in [6.07, 6.45) is 10.3. The lowest BCUT2D eigenvalue weighted by molar-refractivity contribution is -0.120. The SMILES string of the molecule is O=C(Cc1ccc(OCC[C@@H]2C[C@@H]2C2CCN(c3ncc(Cl)cn3)CC2)cc1F)NCC1CC1. The van der Waals surface area contributed by atoms with E-state index in [2.05, 4.69) is 20.2 Å². The van der Waals surface area contributed by atoms with Crippen LogP contribution in [0.4, 0.5) is 10.3 Å². The number of anilines is 1. The number of hydrogen-bond donors (Lipinski definition) is 1. The van der Waals surface area contributed by atoms with Gasteiger partial charge in [-0.3, -0.25) is 4.79 Å². The predicted molar refractivity (Wildman–Crippen MR) is 130 cm³/mol. The molecule has 2 heterocycles. The summed E-state index contributed by atoms with van der Waals surface area (Å²) in [5, 5.41) is 3.44. The number of hydrogen-bond acceptors (Lipinski definition) is 5. The van der Waals surface area contributed by atoms with E-state index in [1.165, 1.54) is 25.3 Å². The molecule has 2 aromatic rings. The Kier molecular flexibility index (Phi) is 7.18. The van der Waals surface area contributed by atoms with Crippen LogP contribution in [0.3, 0.4) is 0 Å². The monoisotopic (exact) mass is 486 g/mol. The molecule has 2 saturated carbocycles. The van der Waals surface area contributed by atoms with Gasteiger partial charge in [-0.2, -0.15) is 0 Å². The molecule has 182 valence electrons. The van der Waals surface area contributed by atoms with Crippen molar-refractivity contribution in [2.75, 3.05) is 31.1 Å². The summed E-state index contributed by atoms with van der Waals surface area (Å²) < 4.78 is 20.2. The Morgan fingerprint density at radius 1 is 1.18 bits per heavy atom. The highest BCUT2D eigenvalue weighted by Crippen LogP contribution is 2.49. The van der Waals surface area contributed by atoms with Gasteiger partial charge in [-0.05, 0) is 73.8 Å². The maximum Gasteiger partial charge on any atom is 0.225 e. The van der Waals surface area contributed by atoms with Crippen LogP contribution in [0.25, 0.3) is 0 Å². The first-order valence-electron chi connectivity index (χ1n) is 12.5. The molecule has 34 heavy (non-hydrogen) atoms. The highest BCUT2D eigenvalue weighted by Gasteiger charge is 2.43. The van der Waals surface area contributed by atoms with Crippen molar-refractivity contribution in [3.8, 4) is 5.75 Å². The summed E-state index contributed by atoms with van der Waals surface area (Å²) in [7, 11) is 0. The number of halogens is 2. The van der Waals surface area contributed by atoms with Crippen LogP contribution in [-0.4, -0.2) is 42.1 Å². The Labute approximate surface area is 205 Å². The van der Waals surface area contributed by atoms with Crippen LogP contribution in [-0.2, 0) is 11.2 Å². The Bertz CT molecular complexity index is 993. The molecule has 8 heteroatoms. The predicted octanol–water partition coefficient (Wildman–Crippen LogP) is 4.66. The van der Waals surface area contributed by atoms with Gasteiger partial charge in [-0.1, -0.05) is 17.7 Å². The summed E-state index contributed by atoms with van der Waals surface area (Å²) in [4.78, 5) is 22.9. The third-order valence-corrected chi connectivity index (χ3v) is 7.62. The van der Waals surface area contributed by atoms with E-state index < -0.39 is 0 Å². The van der Waals surface area contributed by atoms with Gasteiger partial charge in [0.05, 0.1) is 30.4 Å². The fraction of sp³-hybridized carbons (Fsp3) is 0.577. The molecule has 2 aliphatic carbocycles. The number of aromatic nitrogens is 2. The minimum Gasteiger partial charge on any atom is -0.493 e. The molecule has 0 bridgehead atoms. The quantitative estimate of drug-likeness (QED) is 0.529. The highest BCUT2D eigenvalue weighted by atomic mass is 35.5. The molecule has 3 fully saturated rings. The van der Waals surface area contributed by atoms with E-state index in [1.807, 2.05) is 0 Å². The highest BCUT2D eigenvalue weighted by molar-refractivity contribution is 6.30. The first kappa shape index (κ1) is 23.3. The van der Waals surface area contributed by atoms with Crippen molar-refractivity contribution in [3.05, 3.63) is 47.0 Å². The number of carbonyl (C=O) groups is 1. The molecule has 1 aromatic carbocycles. The van der Waals surface area contributed by atoms with E-state index in [0.29, 0.717) is 41.3 Å². The summed E-state index contributed by atoms with van der Waals surface area (Å²) >= 11 is 5.89. The van der Waals surface area contributed by atoms with E-state index in [9.17, 15) is 9.18 Å². The largest absolute Gasteiger partial charge is 0.493 e. The Morgan fingerprint density at radius 3 is 2.65 bits per heavy atom. The van der Waals surface area contributed by atoms with Gasteiger partial charge in [0, 0.05) is 25.7 Å². The molecule has 5 rings (SSSR count). The minimum absolute atomic E-state index is 0.0749. The number of benzene rings is 1. The molecule has 6 nitrogen and oxygen atoms in total. The number of amides is 1. The van der Waals surface area contributed by atoms with Crippen LogP contribution in [0.15, 0.2) is 30.6 Å². The van der Waals surface area contributed by atoms with Gasteiger partial charge in [0.1, 0.15) is 11.6 Å². The third kappa shape index (κ3) is 6.17. The van der Waals surface area contributed by atoms with E-state index in [-0.39, 0.29) is 18.1 Å². The zero-order valence-electron chi connectivity index (χ0n) is 19.4. The van der Waals surface area contributed by atoms with Crippen molar-refractivity contribution in [1.29, 1.82) is 0 Å². The van der Waals surface area contributed by atoms with Gasteiger partial charge in [0.2, 0.25) is 11.9 Å². The molecule has 0 unspecified atom stereocenters. The molecule has 3 aliphatic rings. The second kappa shape index (κ2) is 10.5. The number of nitrogens with one attached hydrogen (secondary N) is 1. The number of piperidine rings is 1. The van der Waals surface area contributed by atoms with Crippen LogP contribution < -0.4 is 15.0 Å². The summed E-state index contributed by atoms with van der Waals surface area (Å²) in [6, 6.07) is 4.84.